The summed E-state index contributed by atoms with van der Waals surface area (Å²) < 4.78 is 6.17. The summed E-state index contributed by atoms with van der Waals surface area (Å²) in [6.45, 7) is 2.53. The number of hydrogen-bond donors (Lipinski definition) is 0. The van der Waals surface area contributed by atoms with Crippen molar-refractivity contribution in [2.45, 2.75) is 69.1 Å². The van der Waals surface area contributed by atoms with Crippen LogP contribution in [0.25, 0.3) is 0 Å². The molecule has 2 bridgehead atoms. The minimum atomic E-state index is -0.140. The fourth-order valence-electron chi connectivity index (χ4n) is 5.06. The maximum absolute atomic E-state index is 12.2. The molecule has 19 heavy (non-hydrogen) atoms. The highest BCUT2D eigenvalue weighted by atomic mass is 16.5. The first-order chi connectivity index (χ1) is 9.14. The molecular weight excluding hydrogens is 238 g/mol. The second-order valence-corrected chi connectivity index (χ2v) is 7.00. The van der Waals surface area contributed by atoms with Crippen molar-refractivity contribution >= 4 is 5.91 Å². The topological polar surface area (TPSA) is 29.5 Å². The Kier molecular flexibility index (Phi) is 2.42. The normalized spacial score (nSPS) is 42.7. The number of fused-ring (bicyclic) bond motifs is 1. The van der Waals surface area contributed by atoms with Crippen molar-refractivity contribution in [3.05, 3.63) is 12.2 Å². The predicted molar refractivity (Wildman–Crippen MR) is 72.7 cm³/mol. The molecule has 1 aliphatic carbocycles. The maximum atomic E-state index is 12.2. The van der Waals surface area contributed by atoms with Gasteiger partial charge in [-0.05, 0) is 31.6 Å². The average molecular weight is 261 g/mol. The summed E-state index contributed by atoms with van der Waals surface area (Å²) in [6, 6.07) is 0. The van der Waals surface area contributed by atoms with Crippen molar-refractivity contribution in [3.63, 3.8) is 0 Å². The second kappa shape index (κ2) is 3.85. The molecule has 0 aromatic rings. The highest BCUT2D eigenvalue weighted by Gasteiger charge is 2.59. The summed E-state index contributed by atoms with van der Waals surface area (Å²) in [5.41, 5.74) is 0.0146. The average Bonchev–Trinajstić information content (AvgIpc) is 2.94. The van der Waals surface area contributed by atoms with Gasteiger partial charge >= 0.3 is 0 Å². The predicted octanol–water partition coefficient (Wildman–Crippen LogP) is 2.66. The molecule has 0 aromatic heterocycles. The van der Waals surface area contributed by atoms with E-state index < -0.39 is 0 Å². The first-order valence-electron chi connectivity index (χ1n) is 7.79. The zero-order valence-electron chi connectivity index (χ0n) is 11.7. The third kappa shape index (κ3) is 1.57. The zero-order valence-corrected chi connectivity index (χ0v) is 11.7. The number of ether oxygens (including phenoxy) is 1. The number of carbonyl (C=O) groups is 1. The van der Waals surface area contributed by atoms with Gasteiger partial charge in [0.2, 0.25) is 5.91 Å². The standard InChI is InChI=1S/C16H23NO2/c1-12(18)17-11-16-8-5-14(19-16)9-13(16)10-15(17)6-3-2-4-7-15/h5,8,13-14H,2-4,6-7,9-11H2,1H3/t13-,14+,16+/m0/s1. The van der Waals surface area contributed by atoms with Crippen molar-refractivity contribution in [2.24, 2.45) is 5.92 Å². The highest BCUT2D eigenvalue weighted by molar-refractivity contribution is 5.74. The van der Waals surface area contributed by atoms with E-state index in [0.717, 1.165) is 13.0 Å². The van der Waals surface area contributed by atoms with Gasteiger partial charge in [-0.1, -0.05) is 31.4 Å². The van der Waals surface area contributed by atoms with E-state index >= 15 is 0 Å². The molecule has 2 spiro atoms. The van der Waals surface area contributed by atoms with Crippen molar-refractivity contribution in [1.82, 2.24) is 4.90 Å². The van der Waals surface area contributed by atoms with Gasteiger partial charge in [0.1, 0.15) is 5.60 Å². The summed E-state index contributed by atoms with van der Waals surface area (Å²) in [7, 11) is 0. The lowest BCUT2D eigenvalue weighted by Gasteiger charge is -2.55. The third-order valence-corrected chi connectivity index (χ3v) is 5.94. The number of piperidine rings is 1. The van der Waals surface area contributed by atoms with Gasteiger partial charge in [0.15, 0.2) is 0 Å². The minimum Gasteiger partial charge on any atom is -0.361 e. The van der Waals surface area contributed by atoms with Crippen LogP contribution in [0, 0.1) is 5.92 Å². The molecule has 3 nitrogen and oxygen atoms in total. The fraction of sp³-hybridized carbons (Fsp3) is 0.812. The lowest BCUT2D eigenvalue weighted by atomic mass is 9.65. The van der Waals surface area contributed by atoms with Crippen LogP contribution < -0.4 is 0 Å². The Morgan fingerprint density at radius 2 is 2.11 bits per heavy atom. The zero-order chi connectivity index (χ0) is 13.1. The first kappa shape index (κ1) is 12.0. The van der Waals surface area contributed by atoms with Crippen LogP contribution in [-0.2, 0) is 9.53 Å². The number of likely N-dealkylation sites (tertiary alicyclic amines) is 1. The van der Waals surface area contributed by atoms with Crippen molar-refractivity contribution in [2.75, 3.05) is 6.54 Å². The summed E-state index contributed by atoms with van der Waals surface area (Å²) in [4.78, 5) is 14.3. The van der Waals surface area contributed by atoms with E-state index in [0.29, 0.717) is 12.0 Å². The fourth-order valence-corrected chi connectivity index (χ4v) is 5.06. The first-order valence-corrected chi connectivity index (χ1v) is 7.79. The SMILES string of the molecule is CC(=O)N1C[C@]23C=C[C@H](C[C@H]2CC12CCCCC2)O3. The Bertz CT molecular complexity index is 438. The molecule has 3 heterocycles. The van der Waals surface area contributed by atoms with Crippen LogP contribution in [0.3, 0.4) is 0 Å². The Hall–Kier alpha value is -0.830. The van der Waals surface area contributed by atoms with Crippen LogP contribution in [-0.4, -0.2) is 34.6 Å². The second-order valence-electron chi connectivity index (χ2n) is 7.00. The van der Waals surface area contributed by atoms with Crippen LogP contribution >= 0.6 is 0 Å². The van der Waals surface area contributed by atoms with Gasteiger partial charge < -0.3 is 9.64 Å². The number of rotatable bonds is 0. The number of hydrogen-bond acceptors (Lipinski definition) is 2. The molecule has 2 saturated heterocycles. The molecular formula is C16H23NO2. The summed E-state index contributed by atoms with van der Waals surface area (Å²) in [5, 5.41) is 0. The molecule has 0 aromatic carbocycles. The monoisotopic (exact) mass is 261 g/mol. The van der Waals surface area contributed by atoms with Crippen LogP contribution in [0.2, 0.25) is 0 Å². The highest BCUT2D eigenvalue weighted by Crippen LogP contribution is 2.54. The van der Waals surface area contributed by atoms with Crippen LogP contribution in [0.1, 0.15) is 51.9 Å². The van der Waals surface area contributed by atoms with Gasteiger partial charge in [0.05, 0.1) is 12.6 Å². The molecule has 4 aliphatic rings. The quantitative estimate of drug-likeness (QED) is 0.627. The molecule has 0 radical (unpaired) electrons. The molecule has 0 N–H and O–H groups in total. The van der Waals surface area contributed by atoms with Crippen molar-refractivity contribution in [1.29, 1.82) is 0 Å². The largest absolute Gasteiger partial charge is 0.361 e. The lowest BCUT2D eigenvalue weighted by Crippen LogP contribution is -2.64. The van der Waals surface area contributed by atoms with E-state index in [1.807, 2.05) is 0 Å². The Morgan fingerprint density at radius 3 is 2.79 bits per heavy atom. The van der Waals surface area contributed by atoms with Gasteiger partial charge in [-0.2, -0.15) is 0 Å². The van der Waals surface area contributed by atoms with Gasteiger partial charge in [-0.3, -0.25) is 4.79 Å². The molecule has 0 unspecified atom stereocenters. The van der Waals surface area contributed by atoms with E-state index in [2.05, 4.69) is 17.1 Å². The molecule has 1 amide bonds. The Labute approximate surface area is 115 Å². The molecule has 104 valence electrons. The molecule has 1 saturated carbocycles. The number of carbonyl (C=O) groups excluding carboxylic acids is 1. The minimum absolute atomic E-state index is 0.140. The van der Waals surface area contributed by atoms with Gasteiger partial charge in [0.25, 0.3) is 0 Å². The van der Waals surface area contributed by atoms with E-state index in [9.17, 15) is 4.79 Å². The van der Waals surface area contributed by atoms with Crippen LogP contribution in [0.5, 0.6) is 0 Å². The van der Waals surface area contributed by atoms with Gasteiger partial charge in [0, 0.05) is 12.5 Å². The van der Waals surface area contributed by atoms with E-state index in [4.69, 9.17) is 4.74 Å². The molecule has 3 atom stereocenters. The van der Waals surface area contributed by atoms with E-state index in [1.165, 1.54) is 38.5 Å². The van der Waals surface area contributed by atoms with E-state index in [1.54, 1.807) is 6.92 Å². The third-order valence-electron chi connectivity index (χ3n) is 5.94. The van der Waals surface area contributed by atoms with Crippen molar-refractivity contribution in [3.8, 4) is 0 Å². The Balaban J connectivity index is 1.69. The lowest BCUT2D eigenvalue weighted by molar-refractivity contribution is -0.153. The number of nitrogens with zero attached hydrogens (tertiary/aromatic N) is 1. The molecule has 4 rings (SSSR count). The molecule has 3 heteroatoms. The molecule has 3 aliphatic heterocycles. The molecule has 3 fully saturated rings. The van der Waals surface area contributed by atoms with E-state index in [-0.39, 0.29) is 17.0 Å². The van der Waals surface area contributed by atoms with Gasteiger partial charge in [-0.25, -0.2) is 0 Å². The number of amides is 1. The summed E-state index contributed by atoms with van der Waals surface area (Å²) in [6.07, 6.45) is 13.4. The smallest absolute Gasteiger partial charge is 0.220 e. The Morgan fingerprint density at radius 1 is 1.32 bits per heavy atom. The van der Waals surface area contributed by atoms with Crippen LogP contribution in [0.15, 0.2) is 12.2 Å². The van der Waals surface area contributed by atoms with Gasteiger partial charge in [-0.15, -0.1) is 0 Å². The van der Waals surface area contributed by atoms with Crippen molar-refractivity contribution < 1.29 is 9.53 Å². The summed E-state index contributed by atoms with van der Waals surface area (Å²) in [5.74, 6) is 0.873. The summed E-state index contributed by atoms with van der Waals surface area (Å²) >= 11 is 0. The van der Waals surface area contributed by atoms with Crippen LogP contribution in [0.4, 0.5) is 0 Å². The maximum Gasteiger partial charge on any atom is 0.220 e.